The summed E-state index contributed by atoms with van der Waals surface area (Å²) < 4.78 is 60.1. The van der Waals surface area contributed by atoms with E-state index in [-0.39, 0.29) is 30.5 Å². The van der Waals surface area contributed by atoms with E-state index in [2.05, 4.69) is 5.32 Å². The molecule has 1 rings (SSSR count). The molecule has 0 saturated carbocycles. The Hall–Kier alpha value is -1.07. The van der Waals surface area contributed by atoms with Crippen molar-refractivity contribution in [1.82, 2.24) is 14.9 Å². The maximum absolute atomic E-state index is 12.2. The predicted octanol–water partition coefficient (Wildman–Crippen LogP) is 1.82. The molecule has 11 heteroatoms. The number of nitrogens with zero attached hydrogens (tertiary/aromatic N) is 1. The maximum atomic E-state index is 12.2. The topological polar surface area (TPSA) is 98.7 Å². The van der Waals surface area contributed by atoms with Crippen LogP contribution in [0.2, 0.25) is 0 Å². The summed E-state index contributed by atoms with van der Waals surface area (Å²) in [4.78, 5) is 12.9. The number of hydrogen-bond donors (Lipinski definition) is 3. The Morgan fingerprint density at radius 1 is 1.24 bits per heavy atom. The number of carbonyl (C=O) groups is 1. The van der Waals surface area contributed by atoms with Crippen LogP contribution in [0.3, 0.4) is 0 Å². The average Bonchev–Trinajstić information content (AvgIpc) is 2.43. The maximum Gasteiger partial charge on any atom is 0.511 e. The number of nitrogens with one attached hydrogen (secondary N) is 2. The molecule has 1 saturated heterocycles. The molecular weight excluding hydrogens is 363 g/mol. The smallest absolute Gasteiger partial charge is 0.465 e. The lowest BCUT2D eigenvalue weighted by Gasteiger charge is -2.41. The van der Waals surface area contributed by atoms with Crippen molar-refractivity contribution in [1.29, 1.82) is 0 Å². The Morgan fingerprint density at radius 3 is 2.16 bits per heavy atom. The molecule has 0 aromatic rings. The van der Waals surface area contributed by atoms with Gasteiger partial charge in [-0.2, -0.15) is 13.2 Å². The lowest BCUT2D eigenvalue weighted by molar-refractivity contribution is -0.0448. The quantitative estimate of drug-likeness (QED) is 0.644. The highest BCUT2D eigenvalue weighted by Gasteiger charge is 2.45. The van der Waals surface area contributed by atoms with E-state index < -0.39 is 21.6 Å². The Labute approximate surface area is 146 Å². The second-order valence-electron chi connectivity index (χ2n) is 7.32. The fraction of sp³-hybridized carbons (Fsp3) is 0.929. The molecule has 1 fully saturated rings. The number of sulfonamides is 1. The molecule has 0 aromatic carbocycles. The molecule has 0 radical (unpaired) electrons. The van der Waals surface area contributed by atoms with Crippen LogP contribution in [-0.4, -0.2) is 62.2 Å². The van der Waals surface area contributed by atoms with Crippen molar-refractivity contribution in [2.75, 3.05) is 26.2 Å². The van der Waals surface area contributed by atoms with E-state index in [1.54, 1.807) is 4.72 Å². The minimum absolute atomic E-state index is 0.124. The summed E-state index contributed by atoms with van der Waals surface area (Å²) in [6, 6.07) is -0.226. The molecule has 7 nitrogen and oxygen atoms in total. The van der Waals surface area contributed by atoms with Crippen molar-refractivity contribution in [2.45, 2.75) is 45.2 Å². The summed E-state index contributed by atoms with van der Waals surface area (Å²) in [5, 5.41) is 11.6. The number of hydrogen-bond acceptors (Lipinski definition) is 4. The van der Waals surface area contributed by atoms with Crippen LogP contribution in [0.25, 0.3) is 0 Å². The van der Waals surface area contributed by atoms with Gasteiger partial charge in [0.1, 0.15) is 0 Å². The molecule has 25 heavy (non-hydrogen) atoms. The van der Waals surface area contributed by atoms with Crippen LogP contribution in [0.1, 0.15) is 33.6 Å². The highest BCUT2D eigenvalue weighted by atomic mass is 32.2. The second-order valence-corrected chi connectivity index (χ2v) is 9.07. The summed E-state index contributed by atoms with van der Waals surface area (Å²) in [7, 11) is -5.31. The monoisotopic (exact) mass is 389 g/mol. The van der Waals surface area contributed by atoms with Gasteiger partial charge in [-0.3, -0.25) is 0 Å². The average molecular weight is 389 g/mol. The Kier molecular flexibility index (Phi) is 7.11. The van der Waals surface area contributed by atoms with E-state index >= 15 is 0 Å². The number of halogens is 3. The van der Waals surface area contributed by atoms with Gasteiger partial charge < -0.3 is 15.3 Å². The number of amides is 1. The normalized spacial score (nSPS) is 19.6. The van der Waals surface area contributed by atoms with Gasteiger partial charge in [-0.05, 0) is 37.3 Å². The molecular formula is C14H26F3N3O4S. The molecule has 0 bridgehead atoms. The van der Waals surface area contributed by atoms with Gasteiger partial charge in [-0.15, -0.1) is 0 Å². The summed E-state index contributed by atoms with van der Waals surface area (Å²) in [5.41, 5.74) is -5.56. The van der Waals surface area contributed by atoms with E-state index in [0.717, 1.165) is 0 Å². The lowest BCUT2D eigenvalue weighted by Crippen LogP contribution is -2.51. The van der Waals surface area contributed by atoms with Crippen molar-refractivity contribution >= 4 is 16.1 Å². The molecule has 1 aliphatic heterocycles. The molecule has 1 heterocycles. The molecule has 3 N–H and O–H groups in total. The first-order valence-corrected chi connectivity index (χ1v) is 9.50. The minimum Gasteiger partial charge on any atom is -0.465 e. The molecule has 1 amide bonds. The van der Waals surface area contributed by atoms with Gasteiger partial charge in [0.05, 0.1) is 0 Å². The van der Waals surface area contributed by atoms with Gasteiger partial charge in [0.15, 0.2) is 0 Å². The van der Waals surface area contributed by atoms with Crippen LogP contribution in [0, 0.1) is 11.3 Å². The third-order valence-electron chi connectivity index (χ3n) is 4.34. The molecule has 0 aromatic heterocycles. The summed E-state index contributed by atoms with van der Waals surface area (Å²) in [6.07, 6.45) is 0.298. The zero-order valence-corrected chi connectivity index (χ0v) is 15.4. The molecule has 1 aliphatic rings. The largest absolute Gasteiger partial charge is 0.511 e. The van der Waals surface area contributed by atoms with Gasteiger partial charge in [-0.25, -0.2) is 17.9 Å². The van der Waals surface area contributed by atoms with Crippen molar-refractivity contribution in [2.24, 2.45) is 11.3 Å². The van der Waals surface area contributed by atoms with Crippen LogP contribution >= 0.6 is 0 Å². The van der Waals surface area contributed by atoms with Crippen molar-refractivity contribution in [3.8, 4) is 0 Å². The Morgan fingerprint density at radius 2 is 1.76 bits per heavy atom. The first-order valence-electron chi connectivity index (χ1n) is 8.02. The standard InChI is InChI=1S/C14H26F3N3O4S/c1-13(2,3)11(19-12(21)22)10-4-7-20(8-5-10)9-6-18-25(23,24)14(15,16)17/h10-11,18-19H,4-9H2,1-3H3,(H,21,22). The Balaban J connectivity index is 2.49. The van der Waals surface area contributed by atoms with Crippen LogP contribution in [0.4, 0.5) is 18.0 Å². The van der Waals surface area contributed by atoms with Gasteiger partial charge in [0.2, 0.25) is 0 Å². The number of likely N-dealkylation sites (tertiary alicyclic amines) is 1. The van der Waals surface area contributed by atoms with Crippen LogP contribution < -0.4 is 10.0 Å². The van der Waals surface area contributed by atoms with E-state index in [9.17, 15) is 26.4 Å². The zero-order valence-electron chi connectivity index (χ0n) is 14.6. The lowest BCUT2D eigenvalue weighted by atomic mass is 9.75. The van der Waals surface area contributed by atoms with Gasteiger partial charge >= 0.3 is 21.6 Å². The fourth-order valence-corrected chi connectivity index (χ4v) is 3.63. The first kappa shape index (κ1) is 22.0. The van der Waals surface area contributed by atoms with E-state index in [4.69, 9.17) is 5.11 Å². The summed E-state index contributed by atoms with van der Waals surface area (Å²) in [6.45, 7) is 6.86. The minimum atomic E-state index is -5.31. The van der Waals surface area contributed by atoms with E-state index in [1.165, 1.54) is 0 Å². The molecule has 1 atom stereocenters. The fourth-order valence-electron chi connectivity index (χ4n) is 3.10. The highest BCUT2D eigenvalue weighted by molar-refractivity contribution is 7.90. The molecule has 148 valence electrons. The number of alkyl halides is 3. The number of rotatable bonds is 6. The van der Waals surface area contributed by atoms with Crippen molar-refractivity contribution < 1.29 is 31.5 Å². The van der Waals surface area contributed by atoms with Crippen molar-refractivity contribution in [3.05, 3.63) is 0 Å². The third kappa shape index (κ3) is 6.63. The highest BCUT2D eigenvalue weighted by Crippen LogP contribution is 2.31. The second kappa shape index (κ2) is 8.09. The summed E-state index contributed by atoms with van der Waals surface area (Å²) >= 11 is 0. The van der Waals surface area contributed by atoms with Crippen LogP contribution in [-0.2, 0) is 10.0 Å². The molecule has 0 spiro atoms. The van der Waals surface area contributed by atoms with Gasteiger partial charge in [-0.1, -0.05) is 20.8 Å². The summed E-state index contributed by atoms with van der Waals surface area (Å²) in [5.74, 6) is 0.124. The Bertz CT molecular complexity index is 553. The zero-order chi connectivity index (χ0) is 19.5. The van der Waals surface area contributed by atoms with Crippen molar-refractivity contribution in [3.63, 3.8) is 0 Å². The number of carboxylic acid groups (broad SMARTS) is 1. The van der Waals surface area contributed by atoms with E-state index in [1.807, 2.05) is 25.7 Å². The molecule has 1 unspecified atom stereocenters. The SMILES string of the molecule is CC(C)(C)C(NC(=O)O)C1CCN(CCNS(=O)(=O)C(F)(F)F)CC1. The van der Waals surface area contributed by atoms with Crippen LogP contribution in [0.15, 0.2) is 0 Å². The molecule has 0 aliphatic carbocycles. The third-order valence-corrected chi connectivity index (χ3v) is 5.53. The number of piperidine rings is 1. The van der Waals surface area contributed by atoms with Gasteiger partial charge in [0.25, 0.3) is 0 Å². The van der Waals surface area contributed by atoms with Crippen LogP contribution in [0.5, 0.6) is 0 Å². The first-order chi connectivity index (χ1) is 11.2. The predicted molar refractivity (Wildman–Crippen MR) is 86.5 cm³/mol. The van der Waals surface area contributed by atoms with Gasteiger partial charge in [0, 0.05) is 19.1 Å². The van der Waals surface area contributed by atoms with E-state index in [0.29, 0.717) is 25.9 Å².